The molecule has 0 saturated heterocycles. The molecule has 1 aromatic carbocycles. The molecule has 1 aromatic heterocycles. The number of aromatic nitrogens is 2. The van der Waals surface area contributed by atoms with Gasteiger partial charge in [0, 0.05) is 0 Å². The summed E-state index contributed by atoms with van der Waals surface area (Å²) >= 11 is 0. The van der Waals surface area contributed by atoms with E-state index < -0.39 is 6.10 Å². The summed E-state index contributed by atoms with van der Waals surface area (Å²) in [6.45, 7) is 1.89. The first-order valence-corrected chi connectivity index (χ1v) is 5.30. The summed E-state index contributed by atoms with van der Waals surface area (Å²) in [6.07, 6.45) is 2.79. The van der Waals surface area contributed by atoms with Crippen molar-refractivity contribution in [1.29, 1.82) is 0 Å². The van der Waals surface area contributed by atoms with E-state index in [1.807, 2.05) is 0 Å². The summed E-state index contributed by atoms with van der Waals surface area (Å²) < 4.78 is 6.95. The molecule has 2 N–H and O–H groups in total. The van der Waals surface area contributed by atoms with Gasteiger partial charge in [0.1, 0.15) is 12.4 Å². The highest BCUT2D eigenvalue weighted by Gasteiger charge is 2.03. The summed E-state index contributed by atoms with van der Waals surface area (Å²) in [6, 6.07) is 6.68. The van der Waals surface area contributed by atoms with Crippen molar-refractivity contribution in [2.24, 2.45) is 0 Å². The van der Waals surface area contributed by atoms with Crippen molar-refractivity contribution < 1.29 is 14.9 Å². The van der Waals surface area contributed by atoms with E-state index in [2.05, 4.69) is 5.10 Å². The van der Waals surface area contributed by atoms with Crippen LogP contribution in [0, 0.1) is 0 Å². The second-order valence-electron chi connectivity index (χ2n) is 3.80. The minimum atomic E-state index is -0.507. The Bertz CT molecular complexity index is 477. The zero-order valence-electron chi connectivity index (χ0n) is 9.45. The quantitative estimate of drug-likeness (QED) is 0.837. The van der Waals surface area contributed by atoms with Gasteiger partial charge in [0.05, 0.1) is 24.2 Å². The number of aliphatic hydroxyl groups is 1. The summed E-state index contributed by atoms with van der Waals surface area (Å²) in [4.78, 5) is 0. The van der Waals surface area contributed by atoms with Gasteiger partial charge in [-0.1, -0.05) is 0 Å². The van der Waals surface area contributed by atoms with E-state index in [0.717, 1.165) is 5.69 Å². The van der Waals surface area contributed by atoms with Gasteiger partial charge in [-0.2, -0.15) is 5.10 Å². The minimum Gasteiger partial charge on any atom is -0.508 e. The molecule has 1 heterocycles. The number of rotatable bonds is 4. The third kappa shape index (κ3) is 2.98. The van der Waals surface area contributed by atoms with Crippen molar-refractivity contribution in [2.45, 2.75) is 13.0 Å². The van der Waals surface area contributed by atoms with E-state index in [4.69, 9.17) is 9.84 Å². The summed E-state index contributed by atoms with van der Waals surface area (Å²) in [5, 5.41) is 22.4. The van der Waals surface area contributed by atoms with Crippen LogP contribution in [0.3, 0.4) is 0 Å². The van der Waals surface area contributed by atoms with Gasteiger partial charge >= 0.3 is 0 Å². The van der Waals surface area contributed by atoms with Crippen LogP contribution in [0.2, 0.25) is 0 Å². The lowest BCUT2D eigenvalue weighted by Crippen LogP contribution is -2.12. The number of benzene rings is 1. The molecule has 0 amide bonds. The Morgan fingerprint density at radius 3 is 2.71 bits per heavy atom. The summed E-state index contributed by atoms with van der Waals surface area (Å²) in [5.41, 5.74) is 0.828. The maximum atomic E-state index is 9.17. The largest absolute Gasteiger partial charge is 0.508 e. The fourth-order valence-electron chi connectivity index (χ4n) is 1.34. The minimum absolute atomic E-state index is 0.214. The monoisotopic (exact) mass is 234 g/mol. The van der Waals surface area contributed by atoms with Gasteiger partial charge < -0.3 is 14.9 Å². The number of aliphatic hydroxyl groups excluding tert-OH is 1. The Hall–Kier alpha value is -2.01. The highest BCUT2D eigenvalue weighted by Crippen LogP contribution is 2.16. The van der Waals surface area contributed by atoms with Crippen LogP contribution in [0.15, 0.2) is 36.7 Å². The van der Waals surface area contributed by atoms with Crippen LogP contribution in [0.5, 0.6) is 11.5 Å². The van der Waals surface area contributed by atoms with E-state index in [-0.39, 0.29) is 12.4 Å². The Morgan fingerprint density at radius 2 is 2.06 bits per heavy atom. The van der Waals surface area contributed by atoms with E-state index in [0.29, 0.717) is 5.75 Å². The first kappa shape index (κ1) is 11.5. The van der Waals surface area contributed by atoms with Gasteiger partial charge in [0.15, 0.2) is 5.75 Å². The topological polar surface area (TPSA) is 67.5 Å². The lowest BCUT2D eigenvalue weighted by Gasteiger charge is -2.04. The van der Waals surface area contributed by atoms with Crippen LogP contribution < -0.4 is 4.74 Å². The number of ether oxygens (including phenoxy) is 1. The maximum Gasteiger partial charge on any atom is 0.157 e. The molecule has 0 bridgehead atoms. The van der Waals surface area contributed by atoms with Crippen LogP contribution in [0.1, 0.15) is 6.92 Å². The first-order chi connectivity index (χ1) is 8.15. The van der Waals surface area contributed by atoms with Crippen molar-refractivity contribution in [3.05, 3.63) is 36.7 Å². The molecule has 5 nitrogen and oxygen atoms in total. The van der Waals surface area contributed by atoms with E-state index in [1.54, 1.807) is 48.3 Å². The number of phenols is 1. The third-order valence-corrected chi connectivity index (χ3v) is 2.16. The van der Waals surface area contributed by atoms with Crippen molar-refractivity contribution in [1.82, 2.24) is 9.78 Å². The highest BCUT2D eigenvalue weighted by atomic mass is 16.5. The first-order valence-electron chi connectivity index (χ1n) is 5.30. The van der Waals surface area contributed by atoms with E-state index in [1.165, 1.54) is 0 Å². The van der Waals surface area contributed by atoms with Crippen LogP contribution in [0.25, 0.3) is 5.69 Å². The third-order valence-electron chi connectivity index (χ3n) is 2.16. The van der Waals surface area contributed by atoms with Crippen LogP contribution in [-0.2, 0) is 0 Å². The van der Waals surface area contributed by atoms with Crippen molar-refractivity contribution >= 4 is 0 Å². The van der Waals surface area contributed by atoms with Gasteiger partial charge in [0.25, 0.3) is 0 Å². The zero-order valence-corrected chi connectivity index (χ0v) is 9.45. The van der Waals surface area contributed by atoms with Crippen molar-refractivity contribution in [2.75, 3.05) is 6.61 Å². The molecule has 0 saturated carbocycles. The molecule has 0 spiro atoms. The number of nitrogens with zero attached hydrogens (tertiary/aromatic N) is 2. The average Bonchev–Trinajstić information content (AvgIpc) is 2.76. The van der Waals surface area contributed by atoms with Gasteiger partial charge in [-0.3, -0.25) is 0 Å². The standard InChI is InChI=1S/C12H14N2O3/c1-9(15)8-17-12-6-13-14(7-12)10-2-4-11(16)5-3-10/h2-7,9,15-16H,8H2,1H3. The Morgan fingerprint density at radius 1 is 1.35 bits per heavy atom. The van der Waals surface area contributed by atoms with Crippen LogP contribution in [-0.4, -0.2) is 32.7 Å². The Labute approximate surface area is 98.9 Å². The summed E-state index contributed by atoms with van der Waals surface area (Å²) in [5.74, 6) is 0.811. The predicted octanol–water partition coefficient (Wildman–Crippen LogP) is 1.34. The van der Waals surface area contributed by atoms with Crippen molar-refractivity contribution in [3.8, 4) is 17.2 Å². The molecule has 2 rings (SSSR count). The van der Waals surface area contributed by atoms with Gasteiger partial charge in [0.2, 0.25) is 0 Å². The Kier molecular flexibility index (Phi) is 3.30. The Balaban J connectivity index is 2.10. The fraction of sp³-hybridized carbons (Fsp3) is 0.250. The molecule has 0 aliphatic heterocycles. The predicted molar refractivity (Wildman–Crippen MR) is 62.4 cm³/mol. The molecule has 17 heavy (non-hydrogen) atoms. The SMILES string of the molecule is CC(O)COc1cnn(-c2ccc(O)cc2)c1. The molecule has 0 aliphatic rings. The molecule has 1 atom stereocenters. The maximum absolute atomic E-state index is 9.17. The number of phenolic OH excluding ortho intramolecular Hbond substituents is 1. The number of hydrogen-bond acceptors (Lipinski definition) is 4. The van der Waals surface area contributed by atoms with Crippen LogP contribution >= 0.6 is 0 Å². The number of aromatic hydroxyl groups is 1. The lowest BCUT2D eigenvalue weighted by atomic mass is 10.3. The molecule has 5 heteroatoms. The van der Waals surface area contributed by atoms with Crippen LogP contribution in [0.4, 0.5) is 0 Å². The second-order valence-corrected chi connectivity index (χ2v) is 3.80. The molecule has 0 fully saturated rings. The van der Waals surface area contributed by atoms with Crippen molar-refractivity contribution in [3.63, 3.8) is 0 Å². The number of hydrogen-bond donors (Lipinski definition) is 2. The molecule has 1 unspecified atom stereocenters. The van der Waals surface area contributed by atoms with Gasteiger partial charge in [-0.25, -0.2) is 4.68 Å². The van der Waals surface area contributed by atoms with E-state index in [9.17, 15) is 5.11 Å². The van der Waals surface area contributed by atoms with E-state index >= 15 is 0 Å². The average molecular weight is 234 g/mol. The molecular formula is C12H14N2O3. The van der Waals surface area contributed by atoms with Gasteiger partial charge in [-0.05, 0) is 31.2 Å². The zero-order chi connectivity index (χ0) is 12.3. The summed E-state index contributed by atoms with van der Waals surface area (Å²) in [7, 11) is 0. The molecular weight excluding hydrogens is 220 g/mol. The highest BCUT2D eigenvalue weighted by molar-refractivity contribution is 5.37. The fourth-order valence-corrected chi connectivity index (χ4v) is 1.34. The molecule has 0 aliphatic carbocycles. The smallest absolute Gasteiger partial charge is 0.157 e. The second kappa shape index (κ2) is 4.88. The normalized spacial score (nSPS) is 12.4. The molecule has 90 valence electrons. The molecule has 0 radical (unpaired) electrons. The van der Waals surface area contributed by atoms with Gasteiger partial charge in [-0.15, -0.1) is 0 Å². The lowest BCUT2D eigenvalue weighted by molar-refractivity contribution is 0.122. The molecule has 2 aromatic rings.